The molecule has 1 aliphatic rings. The summed E-state index contributed by atoms with van der Waals surface area (Å²) in [5.41, 5.74) is -3.73. The van der Waals surface area contributed by atoms with Crippen molar-refractivity contribution in [2.24, 2.45) is 0 Å². The third kappa shape index (κ3) is 2.65. The fourth-order valence-corrected chi connectivity index (χ4v) is 3.15. The lowest BCUT2D eigenvalue weighted by atomic mass is 9.86. The van der Waals surface area contributed by atoms with Crippen molar-refractivity contribution in [3.05, 3.63) is 39.2 Å². The average Bonchev–Trinajstić information content (AvgIpc) is 2.62. The molecule has 2 heterocycles. The van der Waals surface area contributed by atoms with Crippen molar-refractivity contribution in [3.8, 4) is 5.75 Å². The number of benzene rings is 1. The molecular weight excluding hydrogens is 390 g/mol. The Morgan fingerprint density at radius 2 is 1.82 bits per heavy atom. The van der Waals surface area contributed by atoms with Crippen molar-refractivity contribution in [2.75, 3.05) is 0 Å². The Kier molecular flexibility index (Phi) is 4.64. The lowest BCUT2D eigenvalue weighted by Crippen LogP contribution is -2.65. The Morgan fingerprint density at radius 1 is 1.21 bits per heavy atom. The monoisotopic (exact) mass is 404 g/mol. The minimum Gasteiger partial charge on any atom is -0.503 e. The van der Waals surface area contributed by atoms with Gasteiger partial charge in [-0.2, -0.15) is 4.39 Å². The predicted molar refractivity (Wildman–Crippen MR) is 83.2 cm³/mol. The number of carboxylic acid groups (broad SMARTS) is 1. The summed E-state index contributed by atoms with van der Waals surface area (Å²) in [6, 6.07) is 0.577. The maximum atomic E-state index is 14.0. The third-order valence-electron chi connectivity index (χ3n) is 4.62. The first kappa shape index (κ1) is 20.1. The summed E-state index contributed by atoms with van der Waals surface area (Å²) in [5, 5.41) is 58.4. The standard InChI is InChI=1S/C16H14F2O10/c1-3-4-2-5(17)8(19)7(18)11(4)27-15(25)6(3)16(26)13(22)10(21)9(20)12(28-16)14(23)24/h2,9-10,12-13,19-22,26H,1H3,(H,23,24)/t9-,10-,12-,13+,16+/m0/s1. The Morgan fingerprint density at radius 3 is 2.39 bits per heavy atom. The molecule has 12 heteroatoms. The van der Waals surface area contributed by atoms with E-state index >= 15 is 0 Å². The first-order chi connectivity index (χ1) is 12.9. The number of aliphatic hydroxyl groups is 4. The number of carboxylic acids is 1. The number of aliphatic hydroxyl groups excluding tert-OH is 3. The van der Waals surface area contributed by atoms with Crippen LogP contribution in [-0.2, 0) is 15.3 Å². The van der Waals surface area contributed by atoms with E-state index < -0.39 is 81.3 Å². The number of aliphatic carboxylic acids is 1. The molecule has 0 aliphatic carbocycles. The number of phenolic OH excluding ortho intramolecular Hbond substituents is 1. The SMILES string of the molecule is Cc1c([C@@]2(O)O[C@H](C(=O)O)[C@@H](O)[C@H](O)[C@H]2O)c(=O)oc2c(F)c(O)c(F)cc12. The molecule has 1 aliphatic heterocycles. The van der Waals surface area contributed by atoms with E-state index in [2.05, 4.69) is 4.42 Å². The molecule has 0 saturated carbocycles. The van der Waals surface area contributed by atoms with Crippen molar-refractivity contribution < 1.29 is 53.4 Å². The van der Waals surface area contributed by atoms with Crippen molar-refractivity contribution in [3.63, 3.8) is 0 Å². The van der Waals surface area contributed by atoms with Gasteiger partial charge >= 0.3 is 11.6 Å². The smallest absolute Gasteiger partial charge is 0.345 e. The fraction of sp³-hybridized carbons (Fsp3) is 0.375. The van der Waals surface area contributed by atoms with E-state index in [1.807, 2.05) is 0 Å². The Balaban J connectivity index is 2.32. The molecule has 28 heavy (non-hydrogen) atoms. The molecule has 0 unspecified atom stereocenters. The maximum absolute atomic E-state index is 14.0. The topological polar surface area (TPSA) is 178 Å². The first-order valence-corrected chi connectivity index (χ1v) is 7.73. The van der Waals surface area contributed by atoms with Gasteiger partial charge < -0.3 is 39.8 Å². The van der Waals surface area contributed by atoms with E-state index in [1.165, 1.54) is 0 Å². The summed E-state index contributed by atoms with van der Waals surface area (Å²) < 4.78 is 37.2. The molecule has 2 aromatic rings. The predicted octanol–water partition coefficient (Wildman–Crippen LogP) is -1.20. The van der Waals surface area contributed by atoms with Gasteiger partial charge in [0.2, 0.25) is 11.6 Å². The number of halogens is 2. The number of carbonyl (C=O) groups is 1. The largest absolute Gasteiger partial charge is 0.503 e. The summed E-state index contributed by atoms with van der Waals surface area (Å²) in [6.45, 7) is 1.08. The number of aromatic hydroxyl groups is 1. The molecule has 0 bridgehead atoms. The van der Waals surface area contributed by atoms with E-state index in [0.29, 0.717) is 6.07 Å². The number of phenols is 1. The normalized spacial score (nSPS) is 30.5. The van der Waals surface area contributed by atoms with Crippen LogP contribution in [0.3, 0.4) is 0 Å². The van der Waals surface area contributed by atoms with E-state index in [1.54, 1.807) is 0 Å². The van der Waals surface area contributed by atoms with Crippen LogP contribution in [0, 0.1) is 18.6 Å². The average molecular weight is 404 g/mol. The molecule has 1 saturated heterocycles. The Bertz CT molecular complexity index is 1030. The number of hydrogen-bond acceptors (Lipinski definition) is 9. The molecule has 10 nitrogen and oxygen atoms in total. The summed E-state index contributed by atoms with van der Waals surface area (Å²) in [4.78, 5) is 23.6. The number of aryl methyl sites for hydroxylation is 1. The molecule has 0 spiro atoms. The third-order valence-corrected chi connectivity index (χ3v) is 4.62. The van der Waals surface area contributed by atoms with Crippen LogP contribution >= 0.6 is 0 Å². The van der Waals surface area contributed by atoms with Gasteiger partial charge in [0.15, 0.2) is 23.3 Å². The Hall–Kier alpha value is -2.64. The molecule has 0 radical (unpaired) electrons. The molecule has 0 amide bonds. The van der Waals surface area contributed by atoms with Gasteiger partial charge in [0.25, 0.3) is 0 Å². The fourth-order valence-electron chi connectivity index (χ4n) is 3.15. The maximum Gasteiger partial charge on any atom is 0.345 e. The molecule has 6 N–H and O–H groups in total. The Labute approximate surface area is 153 Å². The second kappa shape index (κ2) is 6.46. The van der Waals surface area contributed by atoms with Gasteiger partial charge in [0, 0.05) is 5.39 Å². The van der Waals surface area contributed by atoms with Gasteiger partial charge in [0.1, 0.15) is 23.9 Å². The van der Waals surface area contributed by atoms with Crippen molar-refractivity contribution in [2.45, 2.75) is 37.1 Å². The van der Waals surface area contributed by atoms with Crippen LogP contribution < -0.4 is 5.63 Å². The molecule has 3 rings (SSSR count). The van der Waals surface area contributed by atoms with Crippen LogP contribution in [0.5, 0.6) is 5.75 Å². The van der Waals surface area contributed by atoms with E-state index in [4.69, 9.17) is 9.84 Å². The van der Waals surface area contributed by atoms with Gasteiger partial charge in [-0.3, -0.25) is 0 Å². The van der Waals surface area contributed by atoms with Crippen LogP contribution in [0.25, 0.3) is 11.0 Å². The van der Waals surface area contributed by atoms with Crippen molar-refractivity contribution >= 4 is 16.9 Å². The number of rotatable bonds is 2. The van der Waals surface area contributed by atoms with Gasteiger partial charge in [-0.1, -0.05) is 0 Å². The van der Waals surface area contributed by atoms with Crippen LogP contribution in [0.1, 0.15) is 11.1 Å². The second-order valence-electron chi connectivity index (χ2n) is 6.29. The lowest BCUT2D eigenvalue weighted by molar-refractivity contribution is -0.350. The molecular formula is C16H14F2O10. The highest BCUT2D eigenvalue weighted by Crippen LogP contribution is 2.39. The van der Waals surface area contributed by atoms with E-state index in [-0.39, 0.29) is 0 Å². The number of ether oxygens (including phenoxy) is 1. The summed E-state index contributed by atoms with van der Waals surface area (Å²) in [7, 11) is 0. The van der Waals surface area contributed by atoms with Crippen molar-refractivity contribution in [1.29, 1.82) is 0 Å². The number of hydrogen-bond donors (Lipinski definition) is 6. The van der Waals surface area contributed by atoms with Gasteiger partial charge in [0.05, 0.1) is 0 Å². The quantitative estimate of drug-likeness (QED) is 0.333. The van der Waals surface area contributed by atoms with E-state index in [9.17, 15) is 43.9 Å². The molecule has 1 aromatic carbocycles. The zero-order valence-electron chi connectivity index (χ0n) is 14.0. The molecule has 1 fully saturated rings. The zero-order valence-corrected chi connectivity index (χ0v) is 14.0. The molecule has 5 atom stereocenters. The highest BCUT2D eigenvalue weighted by molar-refractivity contribution is 5.83. The van der Waals surface area contributed by atoms with Gasteiger partial charge in [-0.25, -0.2) is 14.0 Å². The van der Waals surface area contributed by atoms with E-state index in [0.717, 1.165) is 6.92 Å². The zero-order chi connectivity index (χ0) is 21.1. The number of fused-ring (bicyclic) bond motifs is 1. The minimum atomic E-state index is -3.20. The lowest BCUT2D eigenvalue weighted by Gasteiger charge is -2.44. The van der Waals surface area contributed by atoms with Crippen LogP contribution in [0.2, 0.25) is 0 Å². The summed E-state index contributed by atoms with van der Waals surface area (Å²) >= 11 is 0. The summed E-state index contributed by atoms with van der Waals surface area (Å²) in [5.74, 6) is -9.48. The highest BCUT2D eigenvalue weighted by atomic mass is 19.1. The van der Waals surface area contributed by atoms with Gasteiger partial charge in [-0.05, 0) is 18.6 Å². The van der Waals surface area contributed by atoms with Crippen LogP contribution in [0.4, 0.5) is 8.78 Å². The molecule has 1 aromatic heterocycles. The van der Waals surface area contributed by atoms with Crippen molar-refractivity contribution in [1.82, 2.24) is 0 Å². The second-order valence-corrected chi connectivity index (χ2v) is 6.29. The molecule has 152 valence electrons. The first-order valence-electron chi connectivity index (χ1n) is 7.73. The summed E-state index contributed by atoms with van der Waals surface area (Å²) in [6.07, 6.45) is -9.11. The minimum absolute atomic E-state index is 0.390. The van der Waals surface area contributed by atoms with Crippen LogP contribution in [0.15, 0.2) is 15.3 Å². The van der Waals surface area contributed by atoms with Crippen LogP contribution in [-0.4, -0.2) is 61.0 Å². The highest BCUT2D eigenvalue weighted by Gasteiger charge is 2.57. The van der Waals surface area contributed by atoms with Gasteiger partial charge in [-0.15, -0.1) is 0 Å².